The van der Waals surface area contributed by atoms with Crippen molar-refractivity contribution in [2.75, 3.05) is 13.1 Å². The highest BCUT2D eigenvalue weighted by atomic mass is 16.3. The number of aliphatic hydroxyl groups excluding tert-OH is 1. The lowest BCUT2D eigenvalue weighted by Gasteiger charge is -2.20. The Bertz CT molecular complexity index is 431. The molecule has 98 valence electrons. The number of amides is 1. The SMILES string of the molecule is CC(C)(C)c1ccc(C(=O)N2CCC(O)C2)cc1. The van der Waals surface area contributed by atoms with Crippen molar-refractivity contribution < 1.29 is 9.90 Å². The summed E-state index contributed by atoms with van der Waals surface area (Å²) in [5.41, 5.74) is 2.03. The fourth-order valence-corrected chi connectivity index (χ4v) is 2.22. The summed E-state index contributed by atoms with van der Waals surface area (Å²) in [5, 5.41) is 9.45. The van der Waals surface area contributed by atoms with Gasteiger partial charge in [-0.25, -0.2) is 0 Å². The van der Waals surface area contributed by atoms with Crippen molar-refractivity contribution in [2.24, 2.45) is 0 Å². The van der Waals surface area contributed by atoms with E-state index in [-0.39, 0.29) is 17.4 Å². The van der Waals surface area contributed by atoms with Crippen molar-refractivity contribution in [3.8, 4) is 0 Å². The van der Waals surface area contributed by atoms with Crippen LogP contribution < -0.4 is 0 Å². The molecule has 2 rings (SSSR count). The first-order chi connectivity index (χ1) is 8.38. The summed E-state index contributed by atoms with van der Waals surface area (Å²) in [4.78, 5) is 13.9. The third-order valence-corrected chi connectivity index (χ3v) is 3.45. The van der Waals surface area contributed by atoms with Crippen molar-refractivity contribution in [1.82, 2.24) is 4.90 Å². The topological polar surface area (TPSA) is 40.5 Å². The van der Waals surface area contributed by atoms with Crippen LogP contribution in [0.1, 0.15) is 43.1 Å². The summed E-state index contributed by atoms with van der Waals surface area (Å²) < 4.78 is 0. The number of rotatable bonds is 1. The van der Waals surface area contributed by atoms with Crippen molar-refractivity contribution in [2.45, 2.75) is 38.7 Å². The smallest absolute Gasteiger partial charge is 0.253 e. The maximum absolute atomic E-state index is 12.2. The third kappa shape index (κ3) is 2.72. The van der Waals surface area contributed by atoms with Gasteiger partial charge in [0.05, 0.1) is 6.10 Å². The highest BCUT2D eigenvalue weighted by Crippen LogP contribution is 2.23. The van der Waals surface area contributed by atoms with E-state index < -0.39 is 0 Å². The van der Waals surface area contributed by atoms with Gasteiger partial charge in [0, 0.05) is 18.7 Å². The third-order valence-electron chi connectivity index (χ3n) is 3.45. The van der Waals surface area contributed by atoms with Gasteiger partial charge in [0.1, 0.15) is 0 Å². The minimum atomic E-state index is -0.359. The molecule has 0 saturated carbocycles. The maximum Gasteiger partial charge on any atom is 0.253 e. The monoisotopic (exact) mass is 247 g/mol. The van der Waals surface area contributed by atoms with Crippen molar-refractivity contribution in [3.63, 3.8) is 0 Å². The van der Waals surface area contributed by atoms with Crippen LogP contribution in [0.4, 0.5) is 0 Å². The summed E-state index contributed by atoms with van der Waals surface area (Å²) in [6.07, 6.45) is 0.328. The molecule has 3 nitrogen and oxygen atoms in total. The largest absolute Gasteiger partial charge is 0.391 e. The number of carbonyl (C=O) groups excluding carboxylic acids is 1. The molecule has 1 aliphatic rings. The molecule has 0 spiro atoms. The molecule has 1 unspecified atom stereocenters. The fraction of sp³-hybridized carbons (Fsp3) is 0.533. The number of aliphatic hydroxyl groups is 1. The molecule has 1 aliphatic heterocycles. The molecule has 0 bridgehead atoms. The summed E-state index contributed by atoms with van der Waals surface area (Å²) >= 11 is 0. The van der Waals surface area contributed by atoms with Gasteiger partial charge in [0.2, 0.25) is 0 Å². The Hall–Kier alpha value is -1.35. The molecule has 1 amide bonds. The molecule has 1 saturated heterocycles. The number of likely N-dealkylation sites (tertiary alicyclic amines) is 1. The number of hydrogen-bond acceptors (Lipinski definition) is 2. The van der Waals surface area contributed by atoms with Gasteiger partial charge in [-0.3, -0.25) is 4.79 Å². The van der Waals surface area contributed by atoms with Crippen LogP contribution in [0.2, 0.25) is 0 Å². The van der Waals surface area contributed by atoms with Gasteiger partial charge in [-0.15, -0.1) is 0 Å². The standard InChI is InChI=1S/C15H21NO2/c1-15(2,3)12-6-4-11(5-7-12)14(18)16-9-8-13(17)10-16/h4-7,13,17H,8-10H2,1-3H3. The van der Waals surface area contributed by atoms with Crippen LogP contribution in [0.3, 0.4) is 0 Å². The molecule has 1 aromatic carbocycles. The molecule has 0 radical (unpaired) electrons. The summed E-state index contributed by atoms with van der Waals surface area (Å²) in [5.74, 6) is 0.0204. The molecule has 1 fully saturated rings. The van der Waals surface area contributed by atoms with E-state index in [1.165, 1.54) is 5.56 Å². The molecule has 1 heterocycles. The van der Waals surface area contributed by atoms with Crippen LogP contribution in [-0.2, 0) is 5.41 Å². The number of β-amino-alcohol motifs (C(OH)–C–C–N with tert-alkyl or cyclic N) is 1. The molecule has 18 heavy (non-hydrogen) atoms. The van der Waals surface area contributed by atoms with Gasteiger partial charge in [0.15, 0.2) is 0 Å². The Morgan fingerprint density at radius 2 is 1.89 bits per heavy atom. The van der Waals surface area contributed by atoms with Crippen LogP contribution in [0, 0.1) is 0 Å². The first kappa shape index (κ1) is 13.1. The van der Waals surface area contributed by atoms with Gasteiger partial charge in [-0.05, 0) is 29.5 Å². The van der Waals surface area contributed by atoms with Gasteiger partial charge >= 0.3 is 0 Å². The van der Waals surface area contributed by atoms with Crippen LogP contribution in [0.15, 0.2) is 24.3 Å². The second-order valence-corrected chi connectivity index (χ2v) is 6.02. The Labute approximate surface area is 108 Å². The average molecular weight is 247 g/mol. The minimum Gasteiger partial charge on any atom is -0.391 e. The van der Waals surface area contributed by atoms with Gasteiger partial charge in [-0.2, -0.15) is 0 Å². The predicted molar refractivity (Wildman–Crippen MR) is 71.7 cm³/mol. The van der Waals surface area contributed by atoms with E-state index in [1.807, 2.05) is 24.3 Å². The lowest BCUT2D eigenvalue weighted by atomic mass is 9.86. The van der Waals surface area contributed by atoms with E-state index in [2.05, 4.69) is 20.8 Å². The van der Waals surface area contributed by atoms with Gasteiger partial charge in [0.25, 0.3) is 5.91 Å². The van der Waals surface area contributed by atoms with Crippen LogP contribution in [-0.4, -0.2) is 35.1 Å². The predicted octanol–water partition coefficient (Wildman–Crippen LogP) is 2.19. The molecule has 1 aromatic rings. The van der Waals surface area contributed by atoms with E-state index in [0.29, 0.717) is 25.1 Å². The van der Waals surface area contributed by atoms with Gasteiger partial charge < -0.3 is 10.0 Å². The molecule has 1 N–H and O–H groups in total. The molecular formula is C15H21NO2. The van der Waals surface area contributed by atoms with E-state index in [9.17, 15) is 9.90 Å². The Kier molecular flexibility index (Phi) is 3.44. The highest BCUT2D eigenvalue weighted by molar-refractivity contribution is 5.94. The van der Waals surface area contributed by atoms with E-state index >= 15 is 0 Å². The fourth-order valence-electron chi connectivity index (χ4n) is 2.22. The molecule has 0 aliphatic carbocycles. The summed E-state index contributed by atoms with van der Waals surface area (Å²) in [7, 11) is 0. The van der Waals surface area contributed by atoms with Crippen LogP contribution in [0.25, 0.3) is 0 Å². The molecular weight excluding hydrogens is 226 g/mol. The first-order valence-electron chi connectivity index (χ1n) is 6.46. The number of hydrogen-bond donors (Lipinski definition) is 1. The average Bonchev–Trinajstić information content (AvgIpc) is 2.74. The molecule has 3 heteroatoms. The lowest BCUT2D eigenvalue weighted by Crippen LogP contribution is -2.29. The second-order valence-electron chi connectivity index (χ2n) is 6.02. The summed E-state index contributed by atoms with van der Waals surface area (Å²) in [6.45, 7) is 7.57. The molecule has 0 aromatic heterocycles. The number of carbonyl (C=O) groups is 1. The number of benzene rings is 1. The van der Waals surface area contributed by atoms with E-state index in [1.54, 1.807) is 4.90 Å². The Morgan fingerprint density at radius 1 is 1.28 bits per heavy atom. The minimum absolute atomic E-state index is 0.0204. The quantitative estimate of drug-likeness (QED) is 0.826. The number of nitrogens with zero attached hydrogens (tertiary/aromatic N) is 1. The van der Waals surface area contributed by atoms with Crippen LogP contribution in [0.5, 0.6) is 0 Å². The van der Waals surface area contributed by atoms with E-state index in [4.69, 9.17) is 0 Å². The zero-order valence-corrected chi connectivity index (χ0v) is 11.3. The van der Waals surface area contributed by atoms with E-state index in [0.717, 1.165) is 0 Å². The highest BCUT2D eigenvalue weighted by Gasteiger charge is 2.25. The van der Waals surface area contributed by atoms with Crippen molar-refractivity contribution in [3.05, 3.63) is 35.4 Å². The Balaban J connectivity index is 2.12. The maximum atomic E-state index is 12.2. The molecule has 1 atom stereocenters. The van der Waals surface area contributed by atoms with Crippen molar-refractivity contribution in [1.29, 1.82) is 0 Å². The zero-order chi connectivity index (χ0) is 13.3. The van der Waals surface area contributed by atoms with Crippen LogP contribution >= 0.6 is 0 Å². The second kappa shape index (κ2) is 4.73. The normalized spacial score (nSPS) is 20.2. The zero-order valence-electron chi connectivity index (χ0n) is 11.3. The Morgan fingerprint density at radius 3 is 2.33 bits per heavy atom. The van der Waals surface area contributed by atoms with Crippen molar-refractivity contribution >= 4 is 5.91 Å². The first-order valence-corrected chi connectivity index (χ1v) is 6.46. The van der Waals surface area contributed by atoms with Gasteiger partial charge in [-0.1, -0.05) is 32.9 Å². The summed E-state index contributed by atoms with van der Waals surface area (Å²) in [6, 6.07) is 7.79. The lowest BCUT2D eigenvalue weighted by molar-refractivity contribution is 0.0765.